The number of thiocarbonyl (C=S) groups is 1. The molecule has 244 valence electrons. The van der Waals surface area contributed by atoms with Crippen LogP contribution in [-0.2, 0) is 4.74 Å². The van der Waals surface area contributed by atoms with Crippen molar-refractivity contribution in [1.82, 2.24) is 14.8 Å². The van der Waals surface area contributed by atoms with Gasteiger partial charge in [-0.15, -0.1) is 0 Å². The summed E-state index contributed by atoms with van der Waals surface area (Å²) in [6.45, 7) is 11.2. The molecule has 3 saturated heterocycles. The maximum atomic E-state index is 15.8. The van der Waals surface area contributed by atoms with E-state index in [1.54, 1.807) is 21.9 Å². The Kier molecular flexibility index (Phi) is 8.87. The maximum absolute atomic E-state index is 15.8. The molecule has 1 aromatic heterocycles. The molecule has 3 aliphatic heterocycles. The van der Waals surface area contributed by atoms with Crippen molar-refractivity contribution < 1.29 is 13.9 Å². The lowest BCUT2D eigenvalue weighted by atomic mass is 9.75. The summed E-state index contributed by atoms with van der Waals surface area (Å²) in [4.78, 5) is 26.4. The molecule has 0 unspecified atom stereocenters. The van der Waals surface area contributed by atoms with Crippen LogP contribution in [0.25, 0.3) is 0 Å². The van der Waals surface area contributed by atoms with Crippen LogP contribution < -0.4 is 14.7 Å². The Morgan fingerprint density at radius 3 is 2.41 bits per heavy atom. The van der Waals surface area contributed by atoms with Crippen molar-refractivity contribution in [2.24, 2.45) is 5.92 Å². The Morgan fingerprint density at radius 1 is 1.15 bits per heavy atom. The first-order valence-corrected chi connectivity index (χ1v) is 16.7. The monoisotopic (exact) mass is 666 g/mol. The van der Waals surface area contributed by atoms with Gasteiger partial charge in [-0.05, 0) is 95.3 Å². The minimum Gasteiger partial charge on any atom is -0.444 e. The van der Waals surface area contributed by atoms with E-state index in [0.29, 0.717) is 47.0 Å². The van der Waals surface area contributed by atoms with E-state index in [4.69, 9.17) is 34.0 Å². The van der Waals surface area contributed by atoms with Gasteiger partial charge in [0.2, 0.25) is 0 Å². The number of carbonyl (C=O) groups excluding carboxylic acids is 1. The molecule has 46 heavy (non-hydrogen) atoms. The highest BCUT2D eigenvalue weighted by Gasteiger charge is 2.57. The average Bonchev–Trinajstić information content (AvgIpc) is 3.23. The molecule has 4 aliphatic rings. The number of halogens is 2. The van der Waals surface area contributed by atoms with Gasteiger partial charge in [-0.3, -0.25) is 15.2 Å². The first-order valence-electron chi connectivity index (χ1n) is 15.9. The third-order valence-electron chi connectivity index (χ3n) is 9.53. The molecule has 1 saturated carbocycles. The van der Waals surface area contributed by atoms with Gasteiger partial charge in [-0.2, -0.15) is 5.26 Å². The minimum atomic E-state index is -0.651. The van der Waals surface area contributed by atoms with E-state index in [1.165, 1.54) is 6.20 Å². The Balaban J connectivity index is 1.08. The zero-order valence-electron chi connectivity index (χ0n) is 26.6. The number of rotatable bonds is 5. The van der Waals surface area contributed by atoms with E-state index in [-0.39, 0.29) is 22.6 Å². The molecule has 4 heterocycles. The number of piperidine rings is 1. The van der Waals surface area contributed by atoms with Gasteiger partial charge in [-0.1, -0.05) is 11.6 Å². The second kappa shape index (κ2) is 12.6. The third kappa shape index (κ3) is 6.12. The second-order valence-electron chi connectivity index (χ2n) is 13.7. The molecular weight excluding hydrogens is 627 g/mol. The summed E-state index contributed by atoms with van der Waals surface area (Å²) in [5, 5.41) is 18.9. The van der Waals surface area contributed by atoms with Crippen molar-refractivity contribution in [2.75, 3.05) is 60.5 Å². The Bertz CT molecular complexity index is 1570. The van der Waals surface area contributed by atoms with Gasteiger partial charge in [0, 0.05) is 51.5 Å². The van der Waals surface area contributed by atoms with Crippen LogP contribution in [0.4, 0.5) is 26.2 Å². The van der Waals surface area contributed by atoms with E-state index < -0.39 is 11.1 Å². The number of nitriles is 1. The summed E-state index contributed by atoms with van der Waals surface area (Å²) in [6, 6.07) is 8.84. The first kappa shape index (κ1) is 32.4. The van der Waals surface area contributed by atoms with E-state index in [1.807, 2.05) is 43.9 Å². The van der Waals surface area contributed by atoms with Gasteiger partial charge >= 0.3 is 6.09 Å². The molecule has 0 radical (unpaired) electrons. The number of pyridine rings is 1. The molecule has 13 heteroatoms. The van der Waals surface area contributed by atoms with Gasteiger partial charge in [0.25, 0.3) is 0 Å². The van der Waals surface area contributed by atoms with Crippen molar-refractivity contribution >= 4 is 57.9 Å². The van der Waals surface area contributed by atoms with Crippen molar-refractivity contribution in [1.29, 1.82) is 10.7 Å². The van der Waals surface area contributed by atoms with Crippen molar-refractivity contribution in [3.63, 3.8) is 0 Å². The Morgan fingerprint density at radius 2 is 1.85 bits per heavy atom. The van der Waals surface area contributed by atoms with Crippen LogP contribution in [0, 0.1) is 28.5 Å². The number of nitrogens with zero attached hydrogens (tertiary/aromatic N) is 7. The molecule has 1 aliphatic carbocycles. The van der Waals surface area contributed by atoms with Crippen LogP contribution in [0.2, 0.25) is 5.02 Å². The summed E-state index contributed by atoms with van der Waals surface area (Å²) in [6.07, 6.45) is 5.60. The Hall–Kier alpha value is -3.53. The van der Waals surface area contributed by atoms with Gasteiger partial charge < -0.3 is 19.4 Å². The highest BCUT2D eigenvalue weighted by molar-refractivity contribution is 7.81. The number of anilines is 3. The lowest BCUT2D eigenvalue weighted by molar-refractivity contribution is 0.0130. The van der Waals surface area contributed by atoms with E-state index in [0.717, 1.165) is 64.8 Å². The third-order valence-corrected chi connectivity index (χ3v) is 10.2. The van der Waals surface area contributed by atoms with Gasteiger partial charge in [-0.25, -0.2) is 14.2 Å². The van der Waals surface area contributed by atoms with Crippen LogP contribution in [0.15, 0.2) is 30.5 Å². The number of carbonyl (C=O) groups is 1. The second-order valence-corrected chi connectivity index (χ2v) is 14.4. The number of hydrogen-bond donors (Lipinski definition) is 1. The molecule has 1 spiro atoms. The number of amides is 1. The van der Waals surface area contributed by atoms with Crippen LogP contribution in [-0.4, -0.2) is 88.8 Å². The summed E-state index contributed by atoms with van der Waals surface area (Å²) in [5.74, 6) is 0.526. The zero-order chi connectivity index (χ0) is 32.8. The van der Waals surface area contributed by atoms with Crippen LogP contribution in [0.3, 0.4) is 0 Å². The number of benzene rings is 1. The molecule has 1 aromatic carbocycles. The molecule has 10 nitrogen and oxygen atoms in total. The highest BCUT2D eigenvalue weighted by Crippen LogP contribution is 2.48. The van der Waals surface area contributed by atoms with Crippen LogP contribution in [0.5, 0.6) is 0 Å². The SMILES string of the molecule is CC(C)(C)OC(=O)N1CCN(CC2CCN(c3ccc(N4C(=S)N(c5cnc(C#N)c(Cl)c5)C(=N)C45CCC5)cc3F)CC2)CC1. The molecule has 4 fully saturated rings. The van der Waals surface area contributed by atoms with Crippen molar-refractivity contribution in [3.8, 4) is 6.07 Å². The average molecular weight is 667 g/mol. The molecule has 2 aromatic rings. The standard InChI is InChI=1S/C33H40ClFN8O2S/c1-32(2,3)45-31(44)41-15-13-39(14-16-41)21-22-7-11-40(12-8-22)28-6-5-23(18-26(28)35)43-30(46)42(29(37)33(43)9-4-10-33)24-17-25(34)27(19-36)38-20-24/h5-6,17-18,20,22,37H,4,7-16,21H2,1-3H3. The van der Waals surface area contributed by atoms with Gasteiger partial charge in [0.1, 0.15) is 28.9 Å². The summed E-state index contributed by atoms with van der Waals surface area (Å²) >= 11 is 12.2. The number of hydrogen-bond acceptors (Lipinski definition) is 8. The molecular formula is C33H40ClFN8O2S. The topological polar surface area (TPSA) is 103 Å². The Labute approximate surface area is 280 Å². The van der Waals surface area contributed by atoms with E-state index in [2.05, 4.69) is 14.8 Å². The van der Waals surface area contributed by atoms with Crippen molar-refractivity contribution in [3.05, 3.63) is 47.0 Å². The summed E-state index contributed by atoms with van der Waals surface area (Å²) in [5.41, 5.74) is 0.673. The summed E-state index contributed by atoms with van der Waals surface area (Å²) in [7, 11) is 0. The molecule has 6 rings (SSSR count). The molecule has 0 bridgehead atoms. The predicted octanol–water partition coefficient (Wildman–Crippen LogP) is 6.03. The van der Waals surface area contributed by atoms with Gasteiger partial charge in [0.15, 0.2) is 10.8 Å². The van der Waals surface area contributed by atoms with Crippen LogP contribution >= 0.6 is 23.8 Å². The minimum absolute atomic E-state index is 0.108. The fourth-order valence-electron chi connectivity index (χ4n) is 6.95. The van der Waals surface area contributed by atoms with Crippen LogP contribution in [0.1, 0.15) is 58.6 Å². The summed E-state index contributed by atoms with van der Waals surface area (Å²) < 4.78 is 21.4. The number of ether oxygens (including phenoxy) is 1. The fourth-order valence-corrected chi connectivity index (χ4v) is 7.63. The molecule has 0 atom stereocenters. The first-order chi connectivity index (χ1) is 21.9. The van der Waals surface area contributed by atoms with Gasteiger partial charge in [0.05, 0.1) is 22.6 Å². The largest absolute Gasteiger partial charge is 0.444 e. The zero-order valence-corrected chi connectivity index (χ0v) is 28.1. The fraction of sp³-hybridized carbons (Fsp3) is 0.545. The quantitative estimate of drug-likeness (QED) is 0.384. The number of aromatic nitrogens is 1. The van der Waals surface area contributed by atoms with Crippen molar-refractivity contribution in [2.45, 2.75) is 64.0 Å². The highest BCUT2D eigenvalue weighted by atomic mass is 35.5. The van der Waals surface area contributed by atoms with E-state index in [9.17, 15) is 10.1 Å². The predicted molar refractivity (Wildman–Crippen MR) is 181 cm³/mol. The lowest BCUT2D eigenvalue weighted by Gasteiger charge is -2.44. The normalized spacial score (nSPS) is 20.7. The molecule has 1 N–H and O–H groups in total. The maximum Gasteiger partial charge on any atom is 0.410 e. The number of amidine groups is 1. The number of piperazine rings is 1. The molecule has 1 amide bonds. The number of nitrogens with one attached hydrogen (secondary N) is 1. The smallest absolute Gasteiger partial charge is 0.410 e. The van der Waals surface area contributed by atoms with E-state index >= 15 is 4.39 Å². The lowest BCUT2D eigenvalue weighted by Crippen LogP contribution is -2.55.